The van der Waals surface area contributed by atoms with Crippen LogP contribution in [0.25, 0.3) is 0 Å². The van der Waals surface area contributed by atoms with Crippen LogP contribution in [0.4, 0.5) is 13.2 Å². The quantitative estimate of drug-likeness (QED) is 0.680. The summed E-state index contributed by atoms with van der Waals surface area (Å²) < 4.78 is 35.4. The van der Waals surface area contributed by atoms with Crippen molar-refractivity contribution in [3.05, 3.63) is 18.0 Å². The van der Waals surface area contributed by atoms with E-state index >= 15 is 0 Å². The van der Waals surface area contributed by atoms with Crippen molar-refractivity contribution in [3.63, 3.8) is 0 Å². The van der Waals surface area contributed by atoms with Crippen molar-refractivity contribution in [3.8, 4) is 0 Å². The molecular weight excluding hydrogens is 175 g/mol. The monoisotopic (exact) mass is 179 g/mol. The lowest BCUT2D eigenvalue weighted by Crippen LogP contribution is -2.26. The minimum atomic E-state index is -4.70. The lowest BCUT2D eigenvalue weighted by molar-refractivity contribution is -0.212. The van der Waals surface area contributed by atoms with Gasteiger partial charge >= 0.3 is 6.30 Å². The third-order valence-electron chi connectivity index (χ3n) is 1.14. The molecule has 0 saturated carbocycles. The molecular formula is C5H4F3N3O. The van der Waals surface area contributed by atoms with Crippen LogP contribution in [-0.4, -0.2) is 15.7 Å². The summed E-state index contributed by atoms with van der Waals surface area (Å²) >= 11 is 0. The first-order valence-electron chi connectivity index (χ1n) is 2.84. The van der Waals surface area contributed by atoms with Crippen LogP contribution in [0, 0.1) is 0 Å². The molecule has 0 fully saturated rings. The van der Waals surface area contributed by atoms with Crippen molar-refractivity contribution >= 4 is 5.91 Å². The van der Waals surface area contributed by atoms with Gasteiger partial charge in [-0.1, -0.05) is 0 Å². The van der Waals surface area contributed by atoms with Crippen molar-refractivity contribution in [2.45, 2.75) is 6.30 Å². The van der Waals surface area contributed by atoms with Crippen LogP contribution in [-0.2, 0) is 6.30 Å². The van der Waals surface area contributed by atoms with Crippen LogP contribution in [0.3, 0.4) is 0 Å². The summed E-state index contributed by atoms with van der Waals surface area (Å²) in [7, 11) is 0. The Labute approximate surface area is 64.8 Å². The highest BCUT2D eigenvalue weighted by atomic mass is 19.4. The number of alkyl halides is 3. The third-order valence-corrected chi connectivity index (χ3v) is 1.14. The first-order valence-corrected chi connectivity index (χ1v) is 2.84. The molecule has 0 aliphatic heterocycles. The van der Waals surface area contributed by atoms with Gasteiger partial charge in [0.2, 0.25) is 0 Å². The van der Waals surface area contributed by atoms with E-state index in [9.17, 15) is 18.0 Å². The van der Waals surface area contributed by atoms with Gasteiger partial charge in [-0.25, -0.2) is 0 Å². The fourth-order valence-electron chi connectivity index (χ4n) is 0.692. The van der Waals surface area contributed by atoms with Crippen LogP contribution >= 0.6 is 0 Å². The fraction of sp³-hybridized carbons (Fsp3) is 0.200. The van der Waals surface area contributed by atoms with Crippen LogP contribution in [0.15, 0.2) is 12.3 Å². The molecule has 12 heavy (non-hydrogen) atoms. The maximum absolute atomic E-state index is 11.9. The third kappa shape index (κ3) is 1.39. The Morgan fingerprint density at radius 2 is 2.17 bits per heavy atom. The molecule has 66 valence electrons. The number of nitrogens with zero attached hydrogens (tertiary/aromatic N) is 2. The molecule has 0 spiro atoms. The van der Waals surface area contributed by atoms with E-state index in [1.54, 1.807) is 0 Å². The molecule has 2 N–H and O–H groups in total. The second-order valence-electron chi connectivity index (χ2n) is 1.96. The van der Waals surface area contributed by atoms with Gasteiger partial charge in [0.25, 0.3) is 5.91 Å². The number of aromatic nitrogens is 2. The minimum Gasteiger partial charge on any atom is -0.364 e. The van der Waals surface area contributed by atoms with Gasteiger partial charge in [0.05, 0.1) is 6.20 Å². The summed E-state index contributed by atoms with van der Waals surface area (Å²) in [5.41, 5.74) is 3.98. The van der Waals surface area contributed by atoms with E-state index in [2.05, 4.69) is 10.8 Å². The Kier molecular flexibility index (Phi) is 1.79. The number of hydrogen-bond donors (Lipinski definition) is 1. The molecule has 1 heterocycles. The van der Waals surface area contributed by atoms with E-state index in [1.807, 2.05) is 0 Å². The average molecular weight is 179 g/mol. The Bertz CT molecular complexity index is 303. The van der Waals surface area contributed by atoms with Crippen LogP contribution < -0.4 is 5.73 Å². The number of halogens is 3. The fourth-order valence-corrected chi connectivity index (χ4v) is 0.692. The molecule has 0 aromatic carbocycles. The summed E-state index contributed by atoms with van der Waals surface area (Å²) in [5.74, 6) is -1.16. The van der Waals surface area contributed by atoms with Crippen molar-refractivity contribution in [2.75, 3.05) is 0 Å². The Hall–Kier alpha value is -1.53. The molecule has 1 aromatic rings. The minimum absolute atomic E-state index is 0.380. The zero-order chi connectivity index (χ0) is 9.35. The Morgan fingerprint density at radius 3 is 2.50 bits per heavy atom. The predicted molar refractivity (Wildman–Crippen MR) is 32.0 cm³/mol. The summed E-state index contributed by atoms with van der Waals surface area (Å²) in [6.45, 7) is 0. The van der Waals surface area contributed by atoms with Crippen molar-refractivity contribution in [1.29, 1.82) is 0 Å². The molecule has 0 atom stereocenters. The van der Waals surface area contributed by atoms with E-state index in [0.29, 0.717) is 0 Å². The Morgan fingerprint density at radius 1 is 1.58 bits per heavy atom. The van der Waals surface area contributed by atoms with Crippen LogP contribution in [0.1, 0.15) is 10.5 Å². The topological polar surface area (TPSA) is 60.9 Å². The molecule has 1 amide bonds. The highest BCUT2D eigenvalue weighted by molar-refractivity contribution is 5.90. The normalized spacial score (nSPS) is 11.6. The summed E-state index contributed by atoms with van der Waals surface area (Å²) in [6.07, 6.45) is -3.85. The number of carbonyl (C=O) groups excluding carboxylic acids is 1. The highest BCUT2D eigenvalue weighted by Gasteiger charge is 2.34. The summed E-state index contributed by atoms with van der Waals surface area (Å²) in [5, 5.41) is 2.90. The molecule has 0 unspecified atom stereocenters. The first kappa shape index (κ1) is 8.57. The van der Waals surface area contributed by atoms with Gasteiger partial charge in [-0.15, -0.1) is 13.2 Å². The lowest BCUT2D eigenvalue weighted by atomic mass is 10.4. The zero-order valence-electron chi connectivity index (χ0n) is 5.67. The number of primary amides is 1. The largest absolute Gasteiger partial charge is 0.505 e. The average Bonchev–Trinajstić information content (AvgIpc) is 2.30. The number of hydrogen-bond acceptors (Lipinski definition) is 2. The Balaban J connectivity index is 3.17. The second kappa shape index (κ2) is 2.50. The maximum atomic E-state index is 11.9. The molecule has 0 aliphatic rings. The molecule has 4 nitrogen and oxygen atoms in total. The zero-order valence-corrected chi connectivity index (χ0v) is 5.67. The van der Waals surface area contributed by atoms with Crippen molar-refractivity contribution in [2.24, 2.45) is 5.73 Å². The van der Waals surface area contributed by atoms with Gasteiger partial charge < -0.3 is 5.73 Å². The molecule has 7 heteroatoms. The second-order valence-corrected chi connectivity index (χ2v) is 1.96. The van der Waals surface area contributed by atoms with Gasteiger partial charge in [0, 0.05) is 0 Å². The number of amides is 1. The van der Waals surface area contributed by atoms with Gasteiger partial charge in [-0.05, 0) is 6.07 Å². The molecule has 0 aliphatic carbocycles. The summed E-state index contributed by atoms with van der Waals surface area (Å²) in [6, 6.07) is 0.899. The van der Waals surface area contributed by atoms with Crippen molar-refractivity contribution < 1.29 is 18.0 Å². The standard InChI is InChI=1S/C5H4F3N3O/c6-5(7,8)11-3(4(9)12)1-2-10-11/h1-2H,(H2,9,12). The smallest absolute Gasteiger partial charge is 0.364 e. The number of nitrogens with two attached hydrogens (primary N) is 1. The lowest BCUT2D eigenvalue weighted by Gasteiger charge is -2.07. The first-order chi connectivity index (χ1) is 5.43. The molecule has 0 saturated heterocycles. The van der Waals surface area contributed by atoms with E-state index in [4.69, 9.17) is 0 Å². The summed E-state index contributed by atoms with van der Waals surface area (Å²) in [4.78, 5) is 10.4. The van der Waals surface area contributed by atoms with E-state index < -0.39 is 17.9 Å². The van der Waals surface area contributed by atoms with E-state index in [-0.39, 0.29) is 4.68 Å². The van der Waals surface area contributed by atoms with E-state index in [1.165, 1.54) is 0 Å². The van der Waals surface area contributed by atoms with Crippen molar-refractivity contribution in [1.82, 2.24) is 9.78 Å². The number of rotatable bonds is 1. The van der Waals surface area contributed by atoms with E-state index in [0.717, 1.165) is 12.3 Å². The van der Waals surface area contributed by atoms with Gasteiger partial charge in [-0.2, -0.15) is 9.78 Å². The molecule has 1 rings (SSSR count). The molecule has 0 radical (unpaired) electrons. The van der Waals surface area contributed by atoms with Gasteiger partial charge in [0.1, 0.15) is 5.69 Å². The molecule has 0 bridgehead atoms. The SMILES string of the molecule is NC(=O)c1ccnn1C(F)(F)F. The number of carbonyl (C=O) groups is 1. The predicted octanol–water partition coefficient (Wildman–Crippen LogP) is 0.458. The van der Waals surface area contributed by atoms with Crippen LogP contribution in [0.2, 0.25) is 0 Å². The highest BCUT2D eigenvalue weighted by Crippen LogP contribution is 2.22. The molecule has 1 aromatic heterocycles. The van der Waals surface area contributed by atoms with Crippen LogP contribution in [0.5, 0.6) is 0 Å². The van der Waals surface area contributed by atoms with Gasteiger partial charge in [0.15, 0.2) is 0 Å². The maximum Gasteiger partial charge on any atom is 0.505 e. The van der Waals surface area contributed by atoms with Gasteiger partial charge in [-0.3, -0.25) is 4.79 Å².